The number of carbonyl (C=O) groups is 1. The van der Waals surface area contributed by atoms with Gasteiger partial charge >= 0.3 is 0 Å². The summed E-state index contributed by atoms with van der Waals surface area (Å²) < 4.78 is 16.3. The minimum Gasteiger partial charge on any atom is -0.491 e. The van der Waals surface area contributed by atoms with Gasteiger partial charge in [0.05, 0.1) is 23.5 Å². The molecule has 2 heterocycles. The number of hydrogen-bond donors (Lipinski definition) is 1. The van der Waals surface area contributed by atoms with Gasteiger partial charge in [0.2, 0.25) is 5.88 Å². The molecule has 172 valence electrons. The normalized spacial score (nSPS) is 12.2. The molecule has 0 aliphatic rings. The molecule has 3 aromatic rings. The fraction of sp³-hybridized carbons (Fsp3) is 0.458. The van der Waals surface area contributed by atoms with E-state index in [1.165, 1.54) is 16.9 Å². The van der Waals surface area contributed by atoms with E-state index in [0.717, 1.165) is 34.4 Å². The first kappa shape index (κ1) is 23.9. The van der Waals surface area contributed by atoms with Crippen molar-refractivity contribution in [2.24, 2.45) is 0 Å². The zero-order chi connectivity index (χ0) is 23.3. The molecule has 3 rings (SSSR count). The summed E-state index contributed by atoms with van der Waals surface area (Å²) in [5, 5.41) is 3.89. The summed E-state index contributed by atoms with van der Waals surface area (Å²) in [4.78, 5) is 23.3. The third-order valence-corrected chi connectivity index (χ3v) is 6.20. The maximum atomic E-state index is 13.0. The monoisotopic (exact) mass is 457 g/mol. The number of methoxy groups -OCH3 is 2. The molecule has 1 N–H and O–H groups in total. The topological polar surface area (TPSA) is 82.6 Å². The standard InChI is InChI=1S/C24H31N3O4S/c1-14(2)31-18-11-9-17(10-12-18)8-7-15(3)25-22(28)21-16(4)20-23(30-6)26-19(13-29-5)27-24(20)32-21/h9-12,14-15H,7-8,13H2,1-6H3,(H,25,28). The van der Waals surface area contributed by atoms with Gasteiger partial charge in [-0.2, -0.15) is 4.98 Å². The number of aryl methyl sites for hydroxylation is 2. The predicted octanol–water partition coefficient (Wildman–Crippen LogP) is 4.69. The second-order valence-electron chi connectivity index (χ2n) is 8.04. The van der Waals surface area contributed by atoms with Gasteiger partial charge in [0.1, 0.15) is 17.2 Å². The number of rotatable bonds is 10. The molecule has 0 fully saturated rings. The van der Waals surface area contributed by atoms with Crippen molar-refractivity contribution in [3.05, 3.63) is 46.1 Å². The Balaban J connectivity index is 1.66. The molecular weight excluding hydrogens is 426 g/mol. The zero-order valence-corrected chi connectivity index (χ0v) is 20.3. The number of aromatic nitrogens is 2. The van der Waals surface area contributed by atoms with Gasteiger partial charge in [-0.15, -0.1) is 11.3 Å². The Morgan fingerprint density at radius 1 is 1.12 bits per heavy atom. The number of nitrogens with one attached hydrogen (secondary N) is 1. The maximum Gasteiger partial charge on any atom is 0.261 e. The molecular formula is C24H31N3O4S. The first-order chi connectivity index (χ1) is 15.3. The van der Waals surface area contributed by atoms with E-state index in [1.54, 1.807) is 14.2 Å². The van der Waals surface area contributed by atoms with Gasteiger partial charge in [0.25, 0.3) is 5.91 Å². The average molecular weight is 458 g/mol. The summed E-state index contributed by atoms with van der Waals surface area (Å²) in [6.07, 6.45) is 1.86. The van der Waals surface area contributed by atoms with Crippen LogP contribution in [-0.2, 0) is 17.8 Å². The van der Waals surface area contributed by atoms with Crippen molar-refractivity contribution in [1.82, 2.24) is 15.3 Å². The van der Waals surface area contributed by atoms with Gasteiger partial charge in [-0.1, -0.05) is 12.1 Å². The molecule has 0 aliphatic carbocycles. The van der Waals surface area contributed by atoms with Crippen LogP contribution in [0.15, 0.2) is 24.3 Å². The Kier molecular flexibility index (Phi) is 8.04. The summed E-state index contributed by atoms with van der Waals surface area (Å²) in [5.41, 5.74) is 2.04. The predicted molar refractivity (Wildman–Crippen MR) is 127 cm³/mol. The SMILES string of the molecule is COCc1nc(OC)c2c(C)c(C(=O)NC(C)CCc3ccc(OC(C)C)cc3)sc2n1. The summed E-state index contributed by atoms with van der Waals surface area (Å²) >= 11 is 1.35. The number of thiophene rings is 1. The van der Waals surface area contributed by atoms with Crippen molar-refractivity contribution >= 4 is 27.5 Å². The summed E-state index contributed by atoms with van der Waals surface area (Å²) in [6.45, 7) is 8.23. The van der Waals surface area contributed by atoms with Crippen LogP contribution in [0.4, 0.5) is 0 Å². The highest BCUT2D eigenvalue weighted by atomic mass is 32.1. The average Bonchev–Trinajstić information content (AvgIpc) is 3.09. The van der Waals surface area contributed by atoms with Crippen molar-refractivity contribution in [2.75, 3.05) is 14.2 Å². The van der Waals surface area contributed by atoms with Crippen LogP contribution in [0.25, 0.3) is 10.2 Å². The molecule has 2 aromatic heterocycles. The molecule has 1 unspecified atom stereocenters. The Morgan fingerprint density at radius 2 is 1.84 bits per heavy atom. The Hall–Kier alpha value is -2.71. The number of carbonyl (C=O) groups excluding carboxylic acids is 1. The number of hydrogen-bond acceptors (Lipinski definition) is 7. The Morgan fingerprint density at radius 3 is 2.47 bits per heavy atom. The first-order valence-corrected chi connectivity index (χ1v) is 11.5. The molecule has 1 aromatic carbocycles. The van der Waals surface area contributed by atoms with E-state index < -0.39 is 0 Å². The second-order valence-corrected chi connectivity index (χ2v) is 9.04. The lowest BCUT2D eigenvalue weighted by atomic mass is 10.1. The van der Waals surface area contributed by atoms with Gasteiger partial charge in [0, 0.05) is 13.2 Å². The largest absolute Gasteiger partial charge is 0.491 e. The van der Waals surface area contributed by atoms with Gasteiger partial charge in [-0.3, -0.25) is 4.79 Å². The van der Waals surface area contributed by atoms with Crippen molar-refractivity contribution in [3.63, 3.8) is 0 Å². The molecule has 8 heteroatoms. The Labute approximate surface area is 193 Å². The van der Waals surface area contributed by atoms with E-state index in [1.807, 2.05) is 39.8 Å². The van der Waals surface area contributed by atoms with Gasteiger partial charge < -0.3 is 19.5 Å². The van der Waals surface area contributed by atoms with E-state index in [9.17, 15) is 4.79 Å². The van der Waals surface area contributed by atoms with Crippen LogP contribution in [0.2, 0.25) is 0 Å². The van der Waals surface area contributed by atoms with Crippen LogP contribution in [0, 0.1) is 6.92 Å². The van der Waals surface area contributed by atoms with Crippen LogP contribution in [0.1, 0.15) is 53.8 Å². The molecule has 0 spiro atoms. The van der Waals surface area contributed by atoms with Crippen LogP contribution < -0.4 is 14.8 Å². The quantitative estimate of drug-likeness (QED) is 0.475. The van der Waals surface area contributed by atoms with Crippen molar-refractivity contribution in [1.29, 1.82) is 0 Å². The number of benzene rings is 1. The van der Waals surface area contributed by atoms with Gasteiger partial charge in [-0.05, 0) is 63.8 Å². The molecule has 32 heavy (non-hydrogen) atoms. The summed E-state index contributed by atoms with van der Waals surface area (Å²) in [7, 11) is 3.16. The molecule has 0 radical (unpaired) electrons. The highest BCUT2D eigenvalue weighted by molar-refractivity contribution is 7.20. The third kappa shape index (κ3) is 5.75. The number of amides is 1. The van der Waals surface area contributed by atoms with Crippen LogP contribution in [0.5, 0.6) is 11.6 Å². The van der Waals surface area contributed by atoms with E-state index in [0.29, 0.717) is 16.6 Å². The van der Waals surface area contributed by atoms with Gasteiger partial charge in [-0.25, -0.2) is 4.98 Å². The molecule has 0 aliphatic heterocycles. The van der Waals surface area contributed by atoms with Gasteiger partial charge in [0.15, 0.2) is 5.82 Å². The van der Waals surface area contributed by atoms with Crippen molar-refractivity contribution < 1.29 is 19.0 Å². The highest BCUT2D eigenvalue weighted by Gasteiger charge is 2.22. The van der Waals surface area contributed by atoms with E-state index in [-0.39, 0.29) is 24.7 Å². The lowest BCUT2D eigenvalue weighted by Gasteiger charge is -2.14. The lowest BCUT2D eigenvalue weighted by Crippen LogP contribution is -2.32. The Bertz CT molecular complexity index is 1060. The highest BCUT2D eigenvalue weighted by Crippen LogP contribution is 2.35. The minimum atomic E-state index is -0.103. The molecule has 7 nitrogen and oxygen atoms in total. The molecule has 1 atom stereocenters. The van der Waals surface area contributed by atoms with Crippen molar-refractivity contribution in [2.45, 2.75) is 59.3 Å². The molecule has 0 bridgehead atoms. The zero-order valence-electron chi connectivity index (χ0n) is 19.5. The van der Waals surface area contributed by atoms with E-state index >= 15 is 0 Å². The van der Waals surface area contributed by atoms with E-state index in [2.05, 4.69) is 27.4 Å². The van der Waals surface area contributed by atoms with Crippen LogP contribution in [-0.4, -0.2) is 42.2 Å². The van der Waals surface area contributed by atoms with Crippen LogP contribution in [0.3, 0.4) is 0 Å². The number of ether oxygens (including phenoxy) is 3. The minimum absolute atomic E-state index is 0.0238. The third-order valence-electron chi connectivity index (χ3n) is 5.01. The maximum absolute atomic E-state index is 13.0. The summed E-state index contributed by atoms with van der Waals surface area (Å²) in [6, 6.07) is 8.16. The second kappa shape index (κ2) is 10.7. The van der Waals surface area contributed by atoms with Crippen LogP contribution >= 0.6 is 11.3 Å². The fourth-order valence-electron chi connectivity index (χ4n) is 3.45. The fourth-order valence-corrected chi connectivity index (χ4v) is 4.55. The number of nitrogens with zero attached hydrogens (tertiary/aromatic N) is 2. The lowest BCUT2D eigenvalue weighted by molar-refractivity contribution is 0.0942. The van der Waals surface area contributed by atoms with Crippen molar-refractivity contribution in [3.8, 4) is 11.6 Å². The number of fused-ring (bicyclic) bond motifs is 1. The molecule has 1 amide bonds. The summed E-state index contributed by atoms with van der Waals surface area (Å²) in [5.74, 6) is 1.77. The molecule has 0 saturated carbocycles. The van der Waals surface area contributed by atoms with E-state index in [4.69, 9.17) is 14.2 Å². The first-order valence-electron chi connectivity index (χ1n) is 10.7. The molecule has 0 saturated heterocycles. The smallest absolute Gasteiger partial charge is 0.261 e.